The zero-order chi connectivity index (χ0) is 32.3. The van der Waals surface area contributed by atoms with Crippen molar-refractivity contribution in [2.24, 2.45) is 57.4 Å². The molecule has 4 aliphatic rings. The molecule has 4 saturated carbocycles. The topological polar surface area (TPSA) is 128 Å². The molecular formula is C35H57N3O6. The van der Waals surface area contributed by atoms with Crippen LogP contribution in [0, 0.1) is 52.3 Å². The van der Waals surface area contributed by atoms with Crippen LogP contribution in [0.2, 0.25) is 0 Å². The summed E-state index contributed by atoms with van der Waals surface area (Å²) in [6.07, 6.45) is 11.7. The van der Waals surface area contributed by atoms with Crippen LogP contribution in [0.25, 0.3) is 10.4 Å². The first kappa shape index (κ1) is 34.6. The molecule has 44 heavy (non-hydrogen) atoms. The summed E-state index contributed by atoms with van der Waals surface area (Å²) in [5.41, 5.74) is 8.44. The maximum Gasteiger partial charge on any atom is 0.309 e. The van der Waals surface area contributed by atoms with E-state index in [-0.39, 0.29) is 43.6 Å². The van der Waals surface area contributed by atoms with Crippen LogP contribution in [0.3, 0.4) is 0 Å². The summed E-state index contributed by atoms with van der Waals surface area (Å²) >= 11 is 0. The van der Waals surface area contributed by atoms with Gasteiger partial charge in [0.1, 0.15) is 11.7 Å². The molecule has 4 fully saturated rings. The van der Waals surface area contributed by atoms with Crippen molar-refractivity contribution in [3.63, 3.8) is 0 Å². The van der Waals surface area contributed by atoms with Crippen LogP contribution in [-0.2, 0) is 28.6 Å². The van der Waals surface area contributed by atoms with E-state index in [1.807, 2.05) is 20.8 Å². The van der Waals surface area contributed by atoms with E-state index in [4.69, 9.17) is 19.7 Å². The molecule has 0 heterocycles. The largest absolute Gasteiger partial charge is 0.466 e. The molecule has 0 radical (unpaired) electrons. The van der Waals surface area contributed by atoms with Gasteiger partial charge in [-0.3, -0.25) is 14.4 Å². The summed E-state index contributed by atoms with van der Waals surface area (Å²) in [6.45, 7) is 15.0. The Balaban J connectivity index is 1.30. The zero-order valence-corrected chi connectivity index (χ0v) is 28.3. The summed E-state index contributed by atoms with van der Waals surface area (Å²) in [4.78, 5) is 40.1. The molecule has 0 aromatic rings. The number of hydrogen-bond acceptors (Lipinski definition) is 7. The van der Waals surface area contributed by atoms with Crippen molar-refractivity contribution < 1.29 is 28.6 Å². The SMILES string of the molecule is C[C@H](CCC(=O)OCCN=[N+]=[N-])C1CC[C@H]2[C@@H]3CC[C@@H]4C[C@H](OC(=O)[C@@H](C)CC(=O)OC(C)(C)C)CC[C@]4(C)[C@H]3CC[C@]12C. The van der Waals surface area contributed by atoms with Crippen molar-refractivity contribution >= 4 is 17.9 Å². The van der Waals surface area contributed by atoms with Crippen molar-refractivity contribution in [2.75, 3.05) is 13.2 Å². The lowest BCUT2D eigenvalue weighted by Gasteiger charge is -2.61. The Morgan fingerprint density at radius 1 is 0.955 bits per heavy atom. The molecule has 0 aromatic carbocycles. The summed E-state index contributed by atoms with van der Waals surface area (Å²) in [6, 6.07) is 0. The van der Waals surface area contributed by atoms with Gasteiger partial charge in [0.15, 0.2) is 0 Å². The smallest absolute Gasteiger partial charge is 0.309 e. The van der Waals surface area contributed by atoms with Gasteiger partial charge in [-0.2, -0.15) is 0 Å². The maximum absolute atomic E-state index is 12.9. The van der Waals surface area contributed by atoms with Crippen molar-refractivity contribution in [1.29, 1.82) is 0 Å². The Morgan fingerprint density at radius 3 is 2.36 bits per heavy atom. The van der Waals surface area contributed by atoms with Crippen LogP contribution >= 0.6 is 0 Å². The molecule has 0 saturated heterocycles. The number of azide groups is 1. The van der Waals surface area contributed by atoms with Gasteiger partial charge < -0.3 is 14.2 Å². The third kappa shape index (κ3) is 7.74. The summed E-state index contributed by atoms with van der Waals surface area (Å²) in [5, 5.41) is 3.43. The van der Waals surface area contributed by atoms with E-state index in [1.54, 1.807) is 6.92 Å². The van der Waals surface area contributed by atoms with Gasteiger partial charge in [-0.25, -0.2) is 0 Å². The molecule has 9 heteroatoms. The Kier molecular flexibility index (Phi) is 11.0. The van der Waals surface area contributed by atoms with Crippen LogP contribution in [0.15, 0.2) is 5.11 Å². The lowest BCUT2D eigenvalue weighted by Crippen LogP contribution is -2.54. The number of rotatable bonds is 11. The normalized spacial score (nSPS) is 36.0. The van der Waals surface area contributed by atoms with E-state index >= 15 is 0 Å². The Hall–Kier alpha value is -2.28. The van der Waals surface area contributed by atoms with Gasteiger partial charge in [-0.05, 0) is 137 Å². The van der Waals surface area contributed by atoms with E-state index in [9.17, 15) is 14.4 Å². The molecule has 0 aliphatic heterocycles. The van der Waals surface area contributed by atoms with E-state index in [1.165, 1.54) is 38.5 Å². The fraction of sp³-hybridized carbons (Fsp3) is 0.914. The minimum absolute atomic E-state index is 0.0520. The minimum Gasteiger partial charge on any atom is -0.466 e. The molecule has 0 N–H and O–H groups in total. The van der Waals surface area contributed by atoms with Crippen molar-refractivity contribution in [3.05, 3.63) is 10.4 Å². The fourth-order valence-corrected chi connectivity index (χ4v) is 10.2. The average molecular weight is 616 g/mol. The lowest BCUT2D eigenvalue weighted by atomic mass is 9.44. The van der Waals surface area contributed by atoms with E-state index < -0.39 is 11.5 Å². The van der Waals surface area contributed by atoms with Gasteiger partial charge in [0.05, 0.1) is 25.5 Å². The molecule has 4 rings (SSSR count). The average Bonchev–Trinajstić information content (AvgIpc) is 3.30. The minimum atomic E-state index is -0.562. The molecule has 4 aliphatic carbocycles. The third-order valence-electron chi connectivity index (χ3n) is 12.3. The second-order valence-electron chi connectivity index (χ2n) is 16.1. The molecule has 0 spiro atoms. The van der Waals surface area contributed by atoms with Crippen molar-refractivity contribution in [2.45, 2.75) is 137 Å². The van der Waals surface area contributed by atoms with Crippen molar-refractivity contribution in [1.82, 2.24) is 0 Å². The first-order chi connectivity index (χ1) is 20.7. The van der Waals surface area contributed by atoms with Gasteiger partial charge in [0, 0.05) is 11.3 Å². The summed E-state index contributed by atoms with van der Waals surface area (Å²) < 4.78 is 16.7. The summed E-state index contributed by atoms with van der Waals surface area (Å²) in [7, 11) is 0. The van der Waals surface area contributed by atoms with Gasteiger partial charge in [0.2, 0.25) is 0 Å². The molecule has 9 nitrogen and oxygen atoms in total. The van der Waals surface area contributed by atoms with Crippen LogP contribution in [0.1, 0.15) is 126 Å². The molecule has 10 atom stereocenters. The zero-order valence-electron chi connectivity index (χ0n) is 28.3. The monoisotopic (exact) mass is 615 g/mol. The second-order valence-corrected chi connectivity index (χ2v) is 16.1. The lowest BCUT2D eigenvalue weighted by molar-refractivity contribution is -0.170. The number of carbonyl (C=O) groups is 3. The Labute approximate surface area is 264 Å². The Morgan fingerprint density at radius 2 is 1.66 bits per heavy atom. The van der Waals surface area contributed by atoms with E-state index in [0.717, 1.165) is 43.4 Å². The molecule has 1 unspecified atom stereocenters. The first-order valence-electron chi connectivity index (χ1n) is 17.3. The van der Waals surface area contributed by atoms with E-state index in [2.05, 4.69) is 30.8 Å². The fourth-order valence-electron chi connectivity index (χ4n) is 10.2. The quantitative estimate of drug-likeness (QED) is 0.0575. The molecule has 248 valence electrons. The number of ether oxygens (including phenoxy) is 3. The first-order valence-corrected chi connectivity index (χ1v) is 17.3. The van der Waals surface area contributed by atoms with Gasteiger partial charge in [-0.1, -0.05) is 32.8 Å². The highest BCUT2D eigenvalue weighted by Gasteiger charge is 2.60. The number of esters is 3. The van der Waals surface area contributed by atoms with Gasteiger partial charge in [-0.15, -0.1) is 0 Å². The van der Waals surface area contributed by atoms with Crippen LogP contribution in [-0.4, -0.2) is 42.8 Å². The van der Waals surface area contributed by atoms with Crippen molar-refractivity contribution in [3.8, 4) is 0 Å². The third-order valence-corrected chi connectivity index (χ3v) is 12.3. The standard InChI is InChI=1S/C35H57N3O6/c1-22(8-13-30(39)42-19-18-37-38-36)27-11-12-28-26-10-9-24-21-25(14-16-34(24,6)29(26)15-17-35(27,28)7)43-32(41)23(2)20-31(40)44-33(3,4)5/h22-29H,8-21H2,1-7H3/t22-,23+,24-,25-,26+,27?,28+,29+,34+,35-/m1/s1. The molecule has 0 aromatic heterocycles. The molecule has 0 bridgehead atoms. The van der Waals surface area contributed by atoms with Crippen LogP contribution in [0.4, 0.5) is 0 Å². The molecular weight excluding hydrogens is 558 g/mol. The van der Waals surface area contributed by atoms with E-state index in [0.29, 0.717) is 35.0 Å². The highest BCUT2D eigenvalue weighted by atomic mass is 16.6. The highest BCUT2D eigenvalue weighted by Crippen LogP contribution is 2.68. The van der Waals surface area contributed by atoms with Gasteiger partial charge in [0.25, 0.3) is 0 Å². The predicted octanol–water partition coefficient (Wildman–Crippen LogP) is 8.19. The number of nitrogens with zero attached hydrogens (tertiary/aromatic N) is 3. The number of carbonyl (C=O) groups excluding carboxylic acids is 3. The summed E-state index contributed by atoms with van der Waals surface area (Å²) in [5.74, 6) is 2.57. The second kappa shape index (κ2) is 14.0. The highest BCUT2D eigenvalue weighted by molar-refractivity contribution is 5.79. The maximum atomic E-state index is 12.9. The van der Waals surface area contributed by atoms with Gasteiger partial charge >= 0.3 is 17.9 Å². The Bertz CT molecular complexity index is 1100. The predicted molar refractivity (Wildman–Crippen MR) is 168 cm³/mol. The number of hydrogen-bond donors (Lipinski definition) is 0. The van der Waals surface area contributed by atoms with Crippen LogP contribution in [0.5, 0.6) is 0 Å². The van der Waals surface area contributed by atoms with Crippen LogP contribution < -0.4 is 0 Å². The molecule has 0 amide bonds. The number of fused-ring (bicyclic) bond motifs is 5.